The smallest absolute Gasteiger partial charge is 0.326 e. The maximum atomic E-state index is 12.1. The van der Waals surface area contributed by atoms with Crippen LogP contribution in [0.1, 0.15) is 33.1 Å². The summed E-state index contributed by atoms with van der Waals surface area (Å²) in [6, 6.07) is -0.809. The average Bonchev–Trinajstić information content (AvgIpc) is 2.27. The number of piperidine rings is 1. The number of aliphatic carboxylic acids is 1. The zero-order valence-electron chi connectivity index (χ0n) is 10.8. The Balaban J connectivity index is 2.67. The van der Waals surface area contributed by atoms with Gasteiger partial charge in [0, 0.05) is 20.1 Å². The number of urea groups is 1. The molecule has 1 aliphatic heterocycles. The fraction of sp³-hybridized carbons (Fsp3) is 0.833. The quantitative estimate of drug-likeness (QED) is 0.818. The first-order chi connectivity index (χ1) is 7.93. The number of nitrogens with zero attached hydrogens (tertiary/aromatic N) is 2. The summed E-state index contributed by atoms with van der Waals surface area (Å²) >= 11 is 0. The molecule has 0 aliphatic carbocycles. The molecule has 0 saturated carbocycles. The van der Waals surface area contributed by atoms with Gasteiger partial charge in [0.15, 0.2) is 0 Å². The molecule has 5 heteroatoms. The number of hydrogen-bond acceptors (Lipinski definition) is 2. The minimum atomic E-state index is -0.893. The molecule has 0 aromatic carbocycles. The van der Waals surface area contributed by atoms with Crippen LogP contribution in [-0.2, 0) is 4.79 Å². The largest absolute Gasteiger partial charge is 0.480 e. The molecule has 1 saturated heterocycles. The van der Waals surface area contributed by atoms with E-state index >= 15 is 0 Å². The van der Waals surface area contributed by atoms with Gasteiger partial charge in [-0.1, -0.05) is 13.8 Å². The number of carboxylic acid groups (broad SMARTS) is 1. The number of hydrogen-bond donors (Lipinski definition) is 1. The zero-order valence-corrected chi connectivity index (χ0v) is 10.8. The Hall–Kier alpha value is -1.26. The van der Waals surface area contributed by atoms with E-state index < -0.39 is 12.0 Å². The molecule has 2 amide bonds. The third-order valence-corrected chi connectivity index (χ3v) is 3.00. The van der Waals surface area contributed by atoms with Gasteiger partial charge in [0.1, 0.15) is 6.04 Å². The van der Waals surface area contributed by atoms with E-state index in [0.717, 1.165) is 12.8 Å². The monoisotopic (exact) mass is 242 g/mol. The molecule has 5 nitrogen and oxygen atoms in total. The van der Waals surface area contributed by atoms with E-state index in [1.165, 1.54) is 4.90 Å². The molecule has 17 heavy (non-hydrogen) atoms. The molecule has 1 fully saturated rings. The minimum absolute atomic E-state index is 0.161. The first kappa shape index (κ1) is 13.8. The van der Waals surface area contributed by atoms with Crippen LogP contribution in [0.5, 0.6) is 0 Å². The van der Waals surface area contributed by atoms with Crippen molar-refractivity contribution in [3.63, 3.8) is 0 Å². The lowest BCUT2D eigenvalue weighted by atomic mass is 10.0. The van der Waals surface area contributed by atoms with Crippen molar-refractivity contribution in [1.82, 2.24) is 9.80 Å². The number of carbonyl (C=O) groups excluding carboxylic acids is 1. The maximum Gasteiger partial charge on any atom is 0.326 e. The Bertz CT molecular complexity index is 291. The van der Waals surface area contributed by atoms with Gasteiger partial charge in [-0.3, -0.25) is 0 Å². The summed E-state index contributed by atoms with van der Waals surface area (Å²) in [7, 11) is 1.73. The SMILES string of the molecule is CC(C)CN(C)C(=O)N1CCCCC1C(=O)O. The van der Waals surface area contributed by atoms with Crippen molar-refractivity contribution < 1.29 is 14.7 Å². The van der Waals surface area contributed by atoms with Gasteiger partial charge in [0.05, 0.1) is 0 Å². The van der Waals surface area contributed by atoms with Crippen molar-refractivity contribution in [1.29, 1.82) is 0 Å². The van der Waals surface area contributed by atoms with Gasteiger partial charge in [-0.05, 0) is 25.2 Å². The highest BCUT2D eigenvalue weighted by Gasteiger charge is 2.33. The van der Waals surface area contributed by atoms with Crippen molar-refractivity contribution in [3.8, 4) is 0 Å². The highest BCUT2D eigenvalue weighted by molar-refractivity contribution is 5.82. The molecule has 1 aliphatic rings. The molecular formula is C12H22N2O3. The van der Waals surface area contributed by atoms with Crippen LogP contribution in [0.2, 0.25) is 0 Å². The lowest BCUT2D eigenvalue weighted by molar-refractivity contribution is -0.143. The van der Waals surface area contributed by atoms with Gasteiger partial charge < -0.3 is 14.9 Å². The molecule has 1 heterocycles. The summed E-state index contributed by atoms with van der Waals surface area (Å²) in [6.45, 7) is 5.28. The van der Waals surface area contributed by atoms with E-state index in [0.29, 0.717) is 25.4 Å². The topological polar surface area (TPSA) is 60.9 Å². The third kappa shape index (κ3) is 3.61. The molecular weight excluding hydrogens is 220 g/mol. The maximum absolute atomic E-state index is 12.1. The predicted molar refractivity (Wildman–Crippen MR) is 64.8 cm³/mol. The van der Waals surface area contributed by atoms with Gasteiger partial charge in [0.25, 0.3) is 0 Å². The Morgan fingerprint density at radius 2 is 2.06 bits per heavy atom. The predicted octanol–water partition coefficient (Wildman–Crippen LogP) is 1.63. The molecule has 0 aromatic heterocycles. The van der Waals surface area contributed by atoms with Gasteiger partial charge in [-0.25, -0.2) is 9.59 Å². The van der Waals surface area contributed by atoms with Crippen LogP contribution >= 0.6 is 0 Å². The summed E-state index contributed by atoms with van der Waals surface area (Å²) in [5, 5.41) is 9.11. The summed E-state index contributed by atoms with van der Waals surface area (Å²) in [4.78, 5) is 26.3. The first-order valence-corrected chi connectivity index (χ1v) is 6.18. The summed E-state index contributed by atoms with van der Waals surface area (Å²) in [5.74, 6) is -0.506. The van der Waals surface area contributed by atoms with Gasteiger partial charge in [-0.15, -0.1) is 0 Å². The van der Waals surface area contributed by atoms with E-state index in [4.69, 9.17) is 5.11 Å². The van der Waals surface area contributed by atoms with Crippen molar-refractivity contribution in [3.05, 3.63) is 0 Å². The number of carbonyl (C=O) groups is 2. The molecule has 1 unspecified atom stereocenters. The highest BCUT2D eigenvalue weighted by Crippen LogP contribution is 2.18. The van der Waals surface area contributed by atoms with Gasteiger partial charge in [-0.2, -0.15) is 0 Å². The second kappa shape index (κ2) is 5.89. The zero-order chi connectivity index (χ0) is 13.0. The normalized spacial score (nSPS) is 20.5. The number of likely N-dealkylation sites (tertiary alicyclic amines) is 1. The molecule has 1 rings (SSSR count). The van der Waals surface area contributed by atoms with Crippen LogP contribution in [0, 0.1) is 5.92 Å². The molecule has 98 valence electrons. The Morgan fingerprint density at radius 3 is 2.59 bits per heavy atom. The van der Waals surface area contributed by atoms with Crippen LogP contribution in [0.4, 0.5) is 4.79 Å². The van der Waals surface area contributed by atoms with E-state index in [2.05, 4.69) is 0 Å². The van der Waals surface area contributed by atoms with Gasteiger partial charge >= 0.3 is 12.0 Å². The number of rotatable bonds is 3. The Kier molecular flexibility index (Phi) is 4.78. The summed E-state index contributed by atoms with van der Waals surface area (Å²) < 4.78 is 0. The molecule has 0 bridgehead atoms. The summed E-state index contributed by atoms with van der Waals surface area (Å²) in [5.41, 5.74) is 0. The average molecular weight is 242 g/mol. The van der Waals surface area contributed by atoms with E-state index in [-0.39, 0.29) is 6.03 Å². The lowest BCUT2D eigenvalue weighted by Gasteiger charge is -2.36. The molecule has 1 N–H and O–H groups in total. The van der Waals surface area contributed by atoms with Crippen LogP contribution in [-0.4, -0.2) is 53.1 Å². The summed E-state index contributed by atoms with van der Waals surface area (Å²) in [6.07, 6.45) is 2.34. The van der Waals surface area contributed by atoms with Gasteiger partial charge in [0.2, 0.25) is 0 Å². The fourth-order valence-corrected chi connectivity index (χ4v) is 2.26. The van der Waals surface area contributed by atoms with Crippen molar-refractivity contribution in [2.24, 2.45) is 5.92 Å². The first-order valence-electron chi connectivity index (χ1n) is 6.18. The Labute approximate surface area is 102 Å². The second-order valence-corrected chi connectivity index (χ2v) is 5.10. The third-order valence-electron chi connectivity index (χ3n) is 3.00. The van der Waals surface area contributed by atoms with Crippen LogP contribution in [0.15, 0.2) is 0 Å². The molecule has 1 atom stereocenters. The highest BCUT2D eigenvalue weighted by atomic mass is 16.4. The fourth-order valence-electron chi connectivity index (χ4n) is 2.26. The van der Waals surface area contributed by atoms with Crippen molar-refractivity contribution >= 4 is 12.0 Å². The van der Waals surface area contributed by atoms with Crippen molar-refractivity contribution in [2.75, 3.05) is 20.1 Å². The molecule has 0 aromatic rings. The number of amides is 2. The standard InChI is InChI=1S/C12H22N2O3/c1-9(2)8-13(3)12(17)14-7-5-4-6-10(14)11(15)16/h9-10H,4-8H2,1-3H3,(H,15,16). The Morgan fingerprint density at radius 1 is 1.41 bits per heavy atom. The van der Waals surface area contributed by atoms with E-state index in [9.17, 15) is 9.59 Å². The van der Waals surface area contributed by atoms with Crippen LogP contribution in [0.25, 0.3) is 0 Å². The molecule has 0 radical (unpaired) electrons. The molecule has 0 spiro atoms. The van der Waals surface area contributed by atoms with Crippen LogP contribution in [0.3, 0.4) is 0 Å². The lowest BCUT2D eigenvalue weighted by Crippen LogP contribution is -2.52. The second-order valence-electron chi connectivity index (χ2n) is 5.10. The van der Waals surface area contributed by atoms with Crippen LogP contribution < -0.4 is 0 Å². The van der Waals surface area contributed by atoms with E-state index in [1.54, 1.807) is 11.9 Å². The number of carboxylic acids is 1. The van der Waals surface area contributed by atoms with Crippen molar-refractivity contribution in [2.45, 2.75) is 39.2 Å². The minimum Gasteiger partial charge on any atom is -0.480 e. The van der Waals surface area contributed by atoms with E-state index in [1.807, 2.05) is 13.8 Å².